The molecule has 3 aromatic carbocycles. The van der Waals surface area contributed by atoms with Crippen LogP contribution in [0.5, 0.6) is 5.75 Å². The van der Waals surface area contributed by atoms with Crippen LogP contribution in [0.4, 0.5) is 5.69 Å². The van der Waals surface area contributed by atoms with Crippen LogP contribution in [-0.2, 0) is 9.59 Å². The van der Waals surface area contributed by atoms with Gasteiger partial charge in [-0.3, -0.25) is 9.59 Å². The molecule has 0 bridgehead atoms. The third kappa shape index (κ3) is 6.35. The lowest BCUT2D eigenvalue weighted by Crippen LogP contribution is -2.32. The molecule has 2 N–H and O–H groups in total. The van der Waals surface area contributed by atoms with Crippen molar-refractivity contribution < 1.29 is 19.1 Å². The molecular formula is C23H18BrN3O4. The molecule has 0 radical (unpaired) electrons. The Balaban J connectivity index is 1.52. The van der Waals surface area contributed by atoms with E-state index in [1.165, 1.54) is 6.21 Å². The van der Waals surface area contributed by atoms with Crippen molar-refractivity contribution in [1.29, 1.82) is 0 Å². The number of aryl methyl sites for hydroxylation is 1. The maximum atomic E-state index is 12.2. The molecule has 7 nitrogen and oxygen atoms in total. The molecule has 0 fully saturated rings. The predicted molar refractivity (Wildman–Crippen MR) is 121 cm³/mol. The highest BCUT2D eigenvalue weighted by molar-refractivity contribution is 9.10. The normalized spacial score (nSPS) is 10.5. The van der Waals surface area contributed by atoms with E-state index in [-0.39, 0.29) is 0 Å². The summed E-state index contributed by atoms with van der Waals surface area (Å²) in [7, 11) is 0. The quantitative estimate of drug-likeness (QED) is 0.189. The molecule has 0 aromatic heterocycles. The highest BCUT2D eigenvalue weighted by Gasteiger charge is 2.13. The van der Waals surface area contributed by atoms with E-state index < -0.39 is 17.8 Å². The van der Waals surface area contributed by atoms with E-state index in [1.54, 1.807) is 54.6 Å². The Morgan fingerprint density at radius 3 is 2.39 bits per heavy atom. The van der Waals surface area contributed by atoms with E-state index in [1.807, 2.05) is 25.1 Å². The topological polar surface area (TPSA) is 96.9 Å². The van der Waals surface area contributed by atoms with Crippen molar-refractivity contribution in [3.63, 3.8) is 0 Å². The van der Waals surface area contributed by atoms with Crippen molar-refractivity contribution in [2.45, 2.75) is 6.92 Å². The van der Waals surface area contributed by atoms with Gasteiger partial charge in [-0.1, -0.05) is 40.2 Å². The summed E-state index contributed by atoms with van der Waals surface area (Å²) in [4.78, 5) is 36.0. The van der Waals surface area contributed by atoms with Crippen molar-refractivity contribution in [2.75, 3.05) is 5.32 Å². The summed E-state index contributed by atoms with van der Waals surface area (Å²) < 4.78 is 6.10. The fraction of sp³-hybridized carbons (Fsp3) is 0.0435. The van der Waals surface area contributed by atoms with E-state index in [2.05, 4.69) is 31.8 Å². The maximum Gasteiger partial charge on any atom is 0.343 e. The van der Waals surface area contributed by atoms with Crippen LogP contribution in [0.25, 0.3) is 0 Å². The lowest BCUT2D eigenvalue weighted by atomic mass is 10.2. The van der Waals surface area contributed by atoms with Crippen LogP contribution in [0, 0.1) is 6.92 Å². The number of carbonyl (C=O) groups is 3. The van der Waals surface area contributed by atoms with Crippen LogP contribution < -0.4 is 15.5 Å². The van der Waals surface area contributed by atoms with E-state index >= 15 is 0 Å². The van der Waals surface area contributed by atoms with Gasteiger partial charge in [0.15, 0.2) is 0 Å². The first-order valence-electron chi connectivity index (χ1n) is 9.20. The molecule has 0 aliphatic rings. The highest BCUT2D eigenvalue weighted by Crippen LogP contribution is 2.16. The monoisotopic (exact) mass is 479 g/mol. The highest BCUT2D eigenvalue weighted by atomic mass is 79.9. The van der Waals surface area contributed by atoms with Gasteiger partial charge in [-0.25, -0.2) is 10.2 Å². The van der Waals surface area contributed by atoms with Gasteiger partial charge in [0.25, 0.3) is 0 Å². The first-order chi connectivity index (χ1) is 14.9. The second-order valence-corrected chi connectivity index (χ2v) is 7.35. The molecule has 0 aliphatic heterocycles. The van der Waals surface area contributed by atoms with E-state index in [9.17, 15) is 14.4 Å². The van der Waals surface area contributed by atoms with Gasteiger partial charge in [-0.2, -0.15) is 5.10 Å². The summed E-state index contributed by atoms with van der Waals surface area (Å²) in [6, 6.07) is 20.5. The predicted octanol–water partition coefficient (Wildman–Crippen LogP) is 4.07. The average molecular weight is 480 g/mol. The summed E-state index contributed by atoms with van der Waals surface area (Å²) in [5.41, 5.74) is 4.63. The second-order valence-electron chi connectivity index (χ2n) is 6.44. The van der Waals surface area contributed by atoms with Gasteiger partial charge in [0.05, 0.1) is 11.8 Å². The molecule has 0 saturated carbocycles. The van der Waals surface area contributed by atoms with Gasteiger partial charge < -0.3 is 10.1 Å². The number of nitrogens with zero attached hydrogens (tertiary/aromatic N) is 1. The minimum Gasteiger partial charge on any atom is -0.423 e. The molecule has 8 heteroatoms. The van der Waals surface area contributed by atoms with Crippen LogP contribution in [0.2, 0.25) is 0 Å². The van der Waals surface area contributed by atoms with Gasteiger partial charge in [-0.15, -0.1) is 0 Å². The van der Waals surface area contributed by atoms with Crippen LogP contribution in [-0.4, -0.2) is 24.0 Å². The van der Waals surface area contributed by atoms with Crippen molar-refractivity contribution in [2.24, 2.45) is 5.10 Å². The van der Waals surface area contributed by atoms with E-state index in [0.717, 1.165) is 10.0 Å². The van der Waals surface area contributed by atoms with Crippen LogP contribution in [0.1, 0.15) is 21.5 Å². The van der Waals surface area contributed by atoms with Crippen molar-refractivity contribution in [3.8, 4) is 5.75 Å². The number of ether oxygens (including phenoxy) is 1. The molecule has 2 amide bonds. The summed E-state index contributed by atoms with van der Waals surface area (Å²) in [5, 5.41) is 6.30. The molecule has 0 spiro atoms. The second kappa shape index (κ2) is 10.3. The minimum absolute atomic E-state index is 0.365. The van der Waals surface area contributed by atoms with Gasteiger partial charge in [0, 0.05) is 10.2 Å². The number of halogens is 1. The number of para-hydroxylation sites is 1. The number of amides is 2. The number of hydrazone groups is 1. The zero-order valence-corrected chi connectivity index (χ0v) is 18.0. The molecule has 3 rings (SSSR count). The first-order valence-corrected chi connectivity index (χ1v) is 9.99. The average Bonchev–Trinajstić information content (AvgIpc) is 2.76. The Labute approximate surface area is 187 Å². The van der Waals surface area contributed by atoms with Crippen LogP contribution >= 0.6 is 15.9 Å². The number of hydrogen-bond donors (Lipinski definition) is 2. The van der Waals surface area contributed by atoms with E-state index in [4.69, 9.17) is 4.74 Å². The standard InChI is InChI=1S/C23H18BrN3O4/c1-15-5-2-3-8-20(15)26-21(28)22(29)27-25-14-16-9-11-19(12-10-16)31-23(30)17-6-4-7-18(24)13-17/h2-14H,1H3,(H,26,28)(H,27,29)/b25-14+. The maximum absolute atomic E-state index is 12.2. The van der Waals surface area contributed by atoms with Gasteiger partial charge >= 0.3 is 17.8 Å². The Hall–Kier alpha value is -3.78. The Morgan fingerprint density at radius 1 is 0.935 bits per heavy atom. The van der Waals surface area contributed by atoms with Gasteiger partial charge in [-0.05, 0) is 66.6 Å². The van der Waals surface area contributed by atoms with Crippen LogP contribution in [0.3, 0.4) is 0 Å². The molecule has 0 heterocycles. The van der Waals surface area contributed by atoms with E-state index in [0.29, 0.717) is 22.6 Å². The molecule has 31 heavy (non-hydrogen) atoms. The smallest absolute Gasteiger partial charge is 0.343 e. The summed E-state index contributed by atoms with van der Waals surface area (Å²) in [6.45, 7) is 1.82. The number of nitrogens with one attached hydrogen (secondary N) is 2. The summed E-state index contributed by atoms with van der Waals surface area (Å²) in [5.74, 6) is -1.82. The van der Waals surface area contributed by atoms with Gasteiger partial charge in [0.1, 0.15) is 5.75 Å². The number of anilines is 1. The Bertz CT molecular complexity index is 1140. The lowest BCUT2D eigenvalue weighted by molar-refractivity contribution is -0.136. The molecule has 0 atom stereocenters. The van der Waals surface area contributed by atoms with Gasteiger partial charge in [0.2, 0.25) is 0 Å². The molecule has 156 valence electrons. The number of esters is 1. The fourth-order valence-corrected chi connectivity index (χ4v) is 2.91. The third-order valence-corrected chi connectivity index (χ3v) is 4.62. The molecule has 0 unspecified atom stereocenters. The Morgan fingerprint density at radius 2 is 1.68 bits per heavy atom. The third-order valence-electron chi connectivity index (χ3n) is 4.13. The number of hydrogen-bond acceptors (Lipinski definition) is 5. The zero-order chi connectivity index (χ0) is 22.2. The number of benzene rings is 3. The van der Waals surface area contributed by atoms with Crippen molar-refractivity contribution in [3.05, 3.63) is 94.0 Å². The summed E-state index contributed by atoms with van der Waals surface area (Å²) >= 11 is 3.31. The van der Waals surface area contributed by atoms with Crippen molar-refractivity contribution >= 4 is 45.6 Å². The molecule has 0 saturated heterocycles. The first kappa shape index (κ1) is 21.9. The number of carbonyl (C=O) groups excluding carboxylic acids is 3. The largest absolute Gasteiger partial charge is 0.423 e. The number of rotatable bonds is 5. The molecular weight excluding hydrogens is 462 g/mol. The lowest BCUT2D eigenvalue weighted by Gasteiger charge is -2.06. The fourth-order valence-electron chi connectivity index (χ4n) is 2.51. The minimum atomic E-state index is -0.890. The molecule has 0 aliphatic carbocycles. The Kier molecular flexibility index (Phi) is 7.29. The van der Waals surface area contributed by atoms with Crippen LogP contribution in [0.15, 0.2) is 82.4 Å². The summed E-state index contributed by atoms with van der Waals surface area (Å²) in [6.07, 6.45) is 1.37. The zero-order valence-electron chi connectivity index (χ0n) is 16.5. The van der Waals surface area contributed by atoms with Crippen molar-refractivity contribution in [1.82, 2.24) is 5.43 Å². The SMILES string of the molecule is Cc1ccccc1NC(=O)C(=O)N/N=C/c1ccc(OC(=O)c2cccc(Br)c2)cc1. The molecule has 3 aromatic rings.